The third-order valence-corrected chi connectivity index (χ3v) is 2.84. The van der Waals surface area contributed by atoms with Crippen LogP contribution >= 0.6 is 0 Å². The summed E-state index contributed by atoms with van der Waals surface area (Å²) >= 11 is 0. The van der Waals surface area contributed by atoms with Crippen LogP contribution in [0.25, 0.3) is 0 Å². The maximum Gasteiger partial charge on any atom is 0.246 e. The molecule has 0 saturated carbocycles. The highest BCUT2D eigenvalue weighted by Crippen LogP contribution is 2.15. The van der Waals surface area contributed by atoms with E-state index < -0.39 is 0 Å². The Morgan fingerprint density at radius 3 is 2.29 bits per heavy atom. The summed E-state index contributed by atoms with van der Waals surface area (Å²) in [4.78, 5) is 13.2. The molecule has 0 atom stereocenters. The van der Waals surface area contributed by atoms with Crippen molar-refractivity contribution in [1.29, 1.82) is 0 Å². The van der Waals surface area contributed by atoms with Crippen molar-refractivity contribution in [2.75, 3.05) is 14.1 Å². The predicted octanol–water partition coefficient (Wildman–Crippen LogP) is 1.94. The number of hydrogen-bond donors (Lipinski definition) is 1. The van der Waals surface area contributed by atoms with Crippen molar-refractivity contribution < 1.29 is 4.79 Å². The van der Waals surface area contributed by atoms with Crippen molar-refractivity contribution in [3.05, 3.63) is 47.2 Å². The van der Waals surface area contributed by atoms with Crippen LogP contribution in [0.1, 0.15) is 18.9 Å². The zero-order chi connectivity index (χ0) is 12.8. The van der Waals surface area contributed by atoms with Crippen LogP contribution in [0, 0.1) is 0 Å². The first-order valence-electron chi connectivity index (χ1n) is 5.73. The summed E-state index contributed by atoms with van der Waals surface area (Å²) in [5.74, 6) is -0.346. The molecule has 0 bridgehead atoms. The second kappa shape index (κ2) is 6.09. The number of benzene rings is 1. The van der Waals surface area contributed by atoms with Gasteiger partial charge in [-0.2, -0.15) is 0 Å². The Morgan fingerprint density at radius 1 is 1.24 bits per heavy atom. The Morgan fingerprint density at radius 2 is 1.82 bits per heavy atom. The van der Waals surface area contributed by atoms with Crippen LogP contribution in [-0.4, -0.2) is 24.9 Å². The number of hydrogen-bond acceptors (Lipinski definition) is 2. The summed E-state index contributed by atoms with van der Waals surface area (Å²) in [6.45, 7) is 1.78. The van der Waals surface area contributed by atoms with E-state index in [1.54, 1.807) is 6.92 Å². The molecule has 0 fully saturated rings. The lowest BCUT2D eigenvalue weighted by atomic mass is 10.0. The summed E-state index contributed by atoms with van der Waals surface area (Å²) in [5, 5.41) is 0. The number of rotatable bonds is 5. The first-order valence-corrected chi connectivity index (χ1v) is 5.73. The van der Waals surface area contributed by atoms with Crippen LogP contribution < -0.4 is 5.73 Å². The zero-order valence-corrected chi connectivity index (χ0v) is 10.7. The van der Waals surface area contributed by atoms with Gasteiger partial charge in [0.1, 0.15) is 0 Å². The maximum absolute atomic E-state index is 11.2. The zero-order valence-electron chi connectivity index (χ0n) is 10.7. The molecule has 1 aromatic carbocycles. The van der Waals surface area contributed by atoms with Gasteiger partial charge < -0.3 is 10.6 Å². The van der Waals surface area contributed by atoms with E-state index in [9.17, 15) is 4.79 Å². The molecule has 0 radical (unpaired) electrons. The third kappa shape index (κ3) is 3.94. The van der Waals surface area contributed by atoms with Crippen molar-refractivity contribution in [2.24, 2.45) is 5.73 Å². The smallest absolute Gasteiger partial charge is 0.246 e. The van der Waals surface area contributed by atoms with Crippen LogP contribution in [0.15, 0.2) is 41.6 Å². The van der Waals surface area contributed by atoms with Gasteiger partial charge in [0.15, 0.2) is 0 Å². The number of carbonyl (C=O) groups excluding carboxylic acids is 1. The molecule has 0 aliphatic heterocycles. The molecule has 1 rings (SSSR count). The normalized spacial score (nSPS) is 11.9. The molecule has 0 aliphatic rings. The van der Waals surface area contributed by atoms with Crippen LogP contribution in [0.3, 0.4) is 0 Å². The van der Waals surface area contributed by atoms with Crippen LogP contribution in [0.5, 0.6) is 0 Å². The van der Waals surface area contributed by atoms with Gasteiger partial charge in [-0.3, -0.25) is 4.79 Å². The highest BCUT2D eigenvalue weighted by molar-refractivity contribution is 5.91. The van der Waals surface area contributed by atoms with Crippen LogP contribution in [0.2, 0.25) is 0 Å². The summed E-state index contributed by atoms with van der Waals surface area (Å²) in [7, 11) is 3.87. The quantitative estimate of drug-likeness (QED) is 0.789. The number of allylic oxidation sites excluding steroid dienone is 1. The average Bonchev–Trinajstić information content (AvgIpc) is 2.29. The van der Waals surface area contributed by atoms with E-state index in [0.29, 0.717) is 5.57 Å². The molecule has 0 spiro atoms. The van der Waals surface area contributed by atoms with Crippen molar-refractivity contribution in [2.45, 2.75) is 19.8 Å². The molecule has 1 amide bonds. The van der Waals surface area contributed by atoms with Gasteiger partial charge in [-0.05, 0) is 25.3 Å². The van der Waals surface area contributed by atoms with Gasteiger partial charge in [0.2, 0.25) is 5.91 Å². The maximum atomic E-state index is 11.2. The van der Waals surface area contributed by atoms with Crippen molar-refractivity contribution in [3.63, 3.8) is 0 Å². The Labute approximate surface area is 103 Å². The summed E-state index contributed by atoms with van der Waals surface area (Å²) in [6.07, 6.45) is 1.74. The average molecular weight is 232 g/mol. The van der Waals surface area contributed by atoms with Crippen molar-refractivity contribution in [3.8, 4) is 0 Å². The fourth-order valence-corrected chi connectivity index (χ4v) is 1.80. The van der Waals surface area contributed by atoms with E-state index in [1.165, 1.54) is 5.56 Å². The lowest BCUT2D eigenvalue weighted by molar-refractivity contribution is -0.114. The molecule has 92 valence electrons. The first kappa shape index (κ1) is 13.3. The van der Waals surface area contributed by atoms with Gasteiger partial charge >= 0.3 is 0 Å². The highest BCUT2D eigenvalue weighted by Gasteiger charge is 2.09. The standard InChI is InChI=1S/C14H20N2O/c1-11(14(15)17)13(16(2)3)10-9-12-7-5-4-6-8-12/h4-8H,9-10H2,1-3H3,(H2,15,17)/b13-11+. The van der Waals surface area contributed by atoms with Crippen LogP contribution in [-0.2, 0) is 11.2 Å². The van der Waals surface area contributed by atoms with E-state index in [0.717, 1.165) is 18.5 Å². The molecule has 0 aliphatic carbocycles. The molecule has 0 saturated heterocycles. The van der Waals surface area contributed by atoms with Crippen LogP contribution in [0.4, 0.5) is 0 Å². The third-order valence-electron chi connectivity index (χ3n) is 2.84. The van der Waals surface area contributed by atoms with Gasteiger partial charge in [-0.15, -0.1) is 0 Å². The van der Waals surface area contributed by atoms with Gasteiger partial charge in [-0.1, -0.05) is 30.3 Å². The fourth-order valence-electron chi connectivity index (χ4n) is 1.80. The molecule has 1 aromatic rings. The largest absolute Gasteiger partial charge is 0.381 e. The number of nitrogens with zero attached hydrogens (tertiary/aromatic N) is 1. The van der Waals surface area contributed by atoms with Crippen molar-refractivity contribution >= 4 is 5.91 Å². The number of primary amides is 1. The first-order chi connectivity index (χ1) is 8.02. The molecule has 0 aromatic heterocycles. The number of aryl methyl sites for hydroxylation is 1. The topological polar surface area (TPSA) is 46.3 Å². The van der Waals surface area contributed by atoms with Gasteiger partial charge in [0, 0.05) is 25.4 Å². The Kier molecular flexibility index (Phi) is 4.76. The monoisotopic (exact) mass is 232 g/mol. The molecule has 0 heterocycles. The molecule has 17 heavy (non-hydrogen) atoms. The molecule has 3 nitrogen and oxygen atoms in total. The summed E-state index contributed by atoms with van der Waals surface area (Å²) < 4.78 is 0. The SMILES string of the molecule is C/C(C(N)=O)=C(/CCc1ccccc1)N(C)C. The minimum Gasteiger partial charge on any atom is -0.381 e. The van der Waals surface area contributed by atoms with Gasteiger partial charge in [-0.25, -0.2) is 0 Å². The molecular weight excluding hydrogens is 212 g/mol. The van der Waals surface area contributed by atoms with Gasteiger partial charge in [0.05, 0.1) is 0 Å². The minimum atomic E-state index is -0.346. The minimum absolute atomic E-state index is 0.346. The van der Waals surface area contributed by atoms with E-state index in [4.69, 9.17) is 5.73 Å². The second-order valence-electron chi connectivity index (χ2n) is 4.32. The lowest BCUT2D eigenvalue weighted by Crippen LogP contribution is -2.21. The lowest BCUT2D eigenvalue weighted by Gasteiger charge is -2.19. The molecule has 3 heteroatoms. The van der Waals surface area contributed by atoms with Gasteiger partial charge in [0.25, 0.3) is 0 Å². The Hall–Kier alpha value is -1.77. The van der Waals surface area contributed by atoms with E-state index in [2.05, 4.69) is 12.1 Å². The van der Waals surface area contributed by atoms with E-state index >= 15 is 0 Å². The molecular formula is C14H20N2O. The number of amides is 1. The highest BCUT2D eigenvalue weighted by atomic mass is 16.1. The fraction of sp³-hybridized carbons (Fsp3) is 0.357. The predicted molar refractivity (Wildman–Crippen MR) is 70.3 cm³/mol. The number of carbonyl (C=O) groups is 1. The van der Waals surface area contributed by atoms with E-state index in [-0.39, 0.29) is 5.91 Å². The molecule has 2 N–H and O–H groups in total. The summed E-state index contributed by atoms with van der Waals surface area (Å²) in [6, 6.07) is 10.2. The van der Waals surface area contributed by atoms with E-state index in [1.807, 2.05) is 37.2 Å². The molecule has 0 unspecified atom stereocenters. The number of nitrogens with two attached hydrogens (primary N) is 1. The Bertz CT molecular complexity index is 407. The summed E-state index contributed by atoms with van der Waals surface area (Å²) in [5.41, 5.74) is 8.23. The Balaban J connectivity index is 2.77. The second-order valence-corrected chi connectivity index (χ2v) is 4.32. The van der Waals surface area contributed by atoms with Crippen molar-refractivity contribution in [1.82, 2.24) is 4.90 Å².